The summed E-state index contributed by atoms with van der Waals surface area (Å²) in [6, 6.07) is 5.37. The molecule has 0 heterocycles. The van der Waals surface area contributed by atoms with Gasteiger partial charge in [-0.2, -0.15) is 0 Å². The maximum absolute atomic E-state index is 11.1. The third-order valence-electron chi connectivity index (χ3n) is 3.31. The predicted octanol–water partition coefficient (Wildman–Crippen LogP) is 3.31. The predicted molar refractivity (Wildman–Crippen MR) is 70.5 cm³/mol. The van der Waals surface area contributed by atoms with Crippen LogP contribution in [0.3, 0.4) is 0 Å². The Hall–Kier alpha value is -2.03. The van der Waals surface area contributed by atoms with Gasteiger partial charge in [-0.15, -0.1) is 0 Å². The third kappa shape index (κ3) is 2.16. The van der Waals surface area contributed by atoms with Crippen LogP contribution >= 0.6 is 0 Å². The highest BCUT2D eigenvalue weighted by Crippen LogP contribution is 2.36. The van der Waals surface area contributed by atoms with Crippen LogP contribution in [0.15, 0.2) is 35.9 Å². The molecule has 1 aromatic carbocycles. The first kappa shape index (κ1) is 12.4. The number of carboxylic acids is 1. The van der Waals surface area contributed by atoms with E-state index >= 15 is 0 Å². The molecule has 0 bridgehead atoms. The highest BCUT2D eigenvalue weighted by atomic mass is 16.4. The normalized spacial score (nSPS) is 24.9. The number of rotatable bonds is 1. The number of aliphatic carboxylic acids is 1. The number of phenolic OH excluding ortho intramolecular Hbond substituents is 1. The van der Waals surface area contributed by atoms with Gasteiger partial charge in [0.2, 0.25) is 0 Å². The molecular weight excluding hydrogens is 228 g/mol. The zero-order chi connectivity index (χ0) is 13.3. The van der Waals surface area contributed by atoms with Crippen LogP contribution in [0, 0.1) is 0 Å². The van der Waals surface area contributed by atoms with E-state index in [9.17, 15) is 9.90 Å². The lowest BCUT2D eigenvalue weighted by atomic mass is 9.86. The molecule has 1 aliphatic rings. The number of carboxylic acid groups (broad SMARTS) is 1. The van der Waals surface area contributed by atoms with E-state index in [1.54, 1.807) is 24.3 Å². The Labute approximate surface area is 106 Å². The van der Waals surface area contributed by atoms with Crippen molar-refractivity contribution in [3.8, 4) is 5.75 Å². The monoisotopic (exact) mass is 244 g/mol. The van der Waals surface area contributed by atoms with Crippen LogP contribution in [0.1, 0.15) is 37.3 Å². The molecule has 0 radical (unpaired) electrons. The van der Waals surface area contributed by atoms with Gasteiger partial charge >= 0.3 is 5.97 Å². The molecular formula is C15H16O3. The zero-order valence-corrected chi connectivity index (χ0v) is 10.5. The summed E-state index contributed by atoms with van der Waals surface area (Å²) in [4.78, 5) is 11.1. The number of aromatic hydroxyl groups is 1. The van der Waals surface area contributed by atoms with Crippen molar-refractivity contribution in [2.75, 3.05) is 0 Å². The molecule has 0 fully saturated rings. The quantitative estimate of drug-likeness (QED) is 0.796. The maximum atomic E-state index is 11.1. The maximum Gasteiger partial charge on any atom is 0.335 e. The molecule has 1 atom stereocenters. The fourth-order valence-electron chi connectivity index (χ4n) is 2.36. The SMILES string of the molecule is C/C1=C/C(C(=O)O)=C/CC(C)c2c(O)cccc21. The molecule has 3 nitrogen and oxygen atoms in total. The van der Waals surface area contributed by atoms with Crippen molar-refractivity contribution < 1.29 is 15.0 Å². The molecule has 18 heavy (non-hydrogen) atoms. The van der Waals surface area contributed by atoms with Crippen molar-refractivity contribution in [1.29, 1.82) is 0 Å². The van der Waals surface area contributed by atoms with Crippen LogP contribution in [-0.4, -0.2) is 16.2 Å². The van der Waals surface area contributed by atoms with Gasteiger partial charge in [0.05, 0.1) is 5.57 Å². The van der Waals surface area contributed by atoms with Gasteiger partial charge < -0.3 is 10.2 Å². The molecule has 0 spiro atoms. The summed E-state index contributed by atoms with van der Waals surface area (Å²) < 4.78 is 0. The van der Waals surface area contributed by atoms with E-state index in [-0.39, 0.29) is 11.7 Å². The second-order valence-electron chi connectivity index (χ2n) is 4.67. The van der Waals surface area contributed by atoms with Crippen LogP contribution in [0.2, 0.25) is 0 Å². The van der Waals surface area contributed by atoms with Gasteiger partial charge in [-0.1, -0.05) is 25.1 Å². The minimum Gasteiger partial charge on any atom is -0.508 e. The number of benzene rings is 1. The van der Waals surface area contributed by atoms with Gasteiger partial charge in [0.1, 0.15) is 5.75 Å². The summed E-state index contributed by atoms with van der Waals surface area (Å²) in [5.74, 6) is -0.538. The van der Waals surface area contributed by atoms with Crippen LogP contribution in [0.5, 0.6) is 5.75 Å². The first-order chi connectivity index (χ1) is 8.50. The number of carbonyl (C=O) groups is 1. The Morgan fingerprint density at radius 3 is 2.78 bits per heavy atom. The molecule has 0 amide bonds. The average Bonchev–Trinajstić information content (AvgIpc) is 2.31. The lowest BCUT2D eigenvalue weighted by Crippen LogP contribution is -2.05. The third-order valence-corrected chi connectivity index (χ3v) is 3.31. The number of fused-ring (bicyclic) bond motifs is 1. The minimum absolute atomic E-state index is 0.0965. The van der Waals surface area contributed by atoms with E-state index in [1.807, 2.05) is 19.9 Å². The highest BCUT2D eigenvalue weighted by Gasteiger charge is 2.19. The molecule has 1 aromatic rings. The smallest absolute Gasteiger partial charge is 0.335 e. The molecule has 0 saturated carbocycles. The summed E-state index contributed by atoms with van der Waals surface area (Å²) in [6.45, 7) is 3.86. The van der Waals surface area contributed by atoms with E-state index in [2.05, 4.69) is 0 Å². The topological polar surface area (TPSA) is 57.5 Å². The van der Waals surface area contributed by atoms with Gasteiger partial charge in [-0.05, 0) is 42.5 Å². The number of hydrogen-bond acceptors (Lipinski definition) is 2. The number of allylic oxidation sites excluding steroid dienone is 2. The number of phenols is 1. The molecule has 1 unspecified atom stereocenters. The Bertz CT molecular complexity index is 553. The first-order valence-corrected chi connectivity index (χ1v) is 5.94. The van der Waals surface area contributed by atoms with Crippen LogP contribution in [-0.2, 0) is 4.79 Å². The van der Waals surface area contributed by atoms with Crippen molar-refractivity contribution >= 4 is 11.5 Å². The second kappa shape index (κ2) is 4.69. The minimum atomic E-state index is -0.912. The molecule has 2 rings (SSSR count). The fraction of sp³-hybridized carbons (Fsp3) is 0.267. The van der Waals surface area contributed by atoms with Gasteiger partial charge in [0.25, 0.3) is 0 Å². The van der Waals surface area contributed by atoms with Gasteiger partial charge in [-0.3, -0.25) is 0 Å². The van der Waals surface area contributed by atoms with E-state index < -0.39 is 5.97 Å². The Morgan fingerprint density at radius 1 is 1.39 bits per heavy atom. The standard InChI is InChI=1S/C15H16O3/c1-9-6-7-11(15(17)18)8-10(2)12-4-3-5-13(16)14(9)12/h3-5,7-9,16H,6H2,1-2H3,(H,17,18)/b10-8-,11-7-. The Kier molecular flexibility index (Phi) is 3.24. The van der Waals surface area contributed by atoms with Crippen molar-refractivity contribution in [1.82, 2.24) is 0 Å². The van der Waals surface area contributed by atoms with Crippen LogP contribution in [0.25, 0.3) is 5.57 Å². The van der Waals surface area contributed by atoms with Gasteiger partial charge in [-0.25, -0.2) is 4.79 Å². The summed E-state index contributed by atoms with van der Waals surface area (Å²) in [7, 11) is 0. The highest BCUT2D eigenvalue weighted by molar-refractivity contribution is 5.93. The zero-order valence-electron chi connectivity index (χ0n) is 10.5. The Morgan fingerprint density at radius 2 is 2.11 bits per heavy atom. The lowest BCUT2D eigenvalue weighted by Gasteiger charge is -2.19. The van der Waals surface area contributed by atoms with E-state index in [1.165, 1.54) is 0 Å². The van der Waals surface area contributed by atoms with Crippen LogP contribution in [0.4, 0.5) is 0 Å². The van der Waals surface area contributed by atoms with E-state index in [4.69, 9.17) is 5.11 Å². The molecule has 0 aliphatic heterocycles. The fourth-order valence-corrected chi connectivity index (χ4v) is 2.36. The summed E-state index contributed by atoms with van der Waals surface area (Å²) in [5, 5.41) is 19.1. The molecule has 0 saturated heterocycles. The molecule has 0 aromatic heterocycles. The number of hydrogen-bond donors (Lipinski definition) is 2. The molecule has 1 aliphatic carbocycles. The van der Waals surface area contributed by atoms with Crippen molar-refractivity contribution in [3.63, 3.8) is 0 Å². The van der Waals surface area contributed by atoms with Crippen LogP contribution < -0.4 is 0 Å². The molecule has 2 N–H and O–H groups in total. The summed E-state index contributed by atoms with van der Waals surface area (Å²) >= 11 is 0. The summed E-state index contributed by atoms with van der Waals surface area (Å²) in [6.07, 6.45) is 3.98. The van der Waals surface area contributed by atoms with Gasteiger partial charge in [0, 0.05) is 5.56 Å². The molecule has 3 heteroatoms. The van der Waals surface area contributed by atoms with Crippen molar-refractivity contribution in [3.05, 3.63) is 47.1 Å². The average molecular weight is 244 g/mol. The lowest BCUT2D eigenvalue weighted by molar-refractivity contribution is -0.132. The van der Waals surface area contributed by atoms with Crippen molar-refractivity contribution in [2.45, 2.75) is 26.2 Å². The molecule has 94 valence electrons. The Balaban J connectivity index is 2.62. The second-order valence-corrected chi connectivity index (χ2v) is 4.67. The largest absolute Gasteiger partial charge is 0.508 e. The van der Waals surface area contributed by atoms with Crippen molar-refractivity contribution in [2.24, 2.45) is 0 Å². The van der Waals surface area contributed by atoms with E-state index in [0.29, 0.717) is 12.0 Å². The van der Waals surface area contributed by atoms with Gasteiger partial charge in [0.15, 0.2) is 0 Å². The first-order valence-electron chi connectivity index (χ1n) is 5.94. The van der Waals surface area contributed by atoms with E-state index in [0.717, 1.165) is 16.7 Å². The summed E-state index contributed by atoms with van der Waals surface area (Å²) in [5.41, 5.74) is 3.00.